The Morgan fingerprint density at radius 2 is 1.89 bits per heavy atom. The fraction of sp³-hybridized carbons (Fsp3) is 0.312. The first-order valence-electron chi connectivity index (χ1n) is 6.46. The van der Waals surface area contributed by atoms with Gasteiger partial charge in [-0.2, -0.15) is 0 Å². The molecule has 0 bridgehead atoms. The summed E-state index contributed by atoms with van der Waals surface area (Å²) in [7, 11) is 0. The van der Waals surface area contributed by atoms with Crippen LogP contribution in [-0.4, -0.2) is 5.91 Å². The standard InChI is InChI=1S/C16H19NOS/c1-11-9-12(2)16(13(3)10-11)17-15(18)7-6-14-5-4-8-19-14/h4-5,8-10H,6-7H2,1-3H3,(H,17,18). The van der Waals surface area contributed by atoms with Crippen molar-refractivity contribution in [2.24, 2.45) is 0 Å². The molecular formula is C16H19NOS. The number of hydrogen-bond donors (Lipinski definition) is 1. The minimum absolute atomic E-state index is 0.0865. The third-order valence-corrected chi connectivity index (χ3v) is 4.06. The summed E-state index contributed by atoms with van der Waals surface area (Å²) in [6.45, 7) is 6.14. The monoisotopic (exact) mass is 273 g/mol. The van der Waals surface area contributed by atoms with Gasteiger partial charge in [0.2, 0.25) is 5.91 Å². The van der Waals surface area contributed by atoms with Gasteiger partial charge in [-0.3, -0.25) is 4.79 Å². The predicted molar refractivity (Wildman–Crippen MR) is 81.9 cm³/mol. The van der Waals surface area contributed by atoms with Gasteiger partial charge in [-0.1, -0.05) is 23.8 Å². The van der Waals surface area contributed by atoms with E-state index in [0.29, 0.717) is 6.42 Å². The van der Waals surface area contributed by atoms with Gasteiger partial charge in [0.05, 0.1) is 0 Å². The van der Waals surface area contributed by atoms with Crippen LogP contribution in [0, 0.1) is 20.8 Å². The summed E-state index contributed by atoms with van der Waals surface area (Å²) in [5, 5.41) is 5.08. The Hall–Kier alpha value is -1.61. The highest BCUT2D eigenvalue weighted by molar-refractivity contribution is 7.09. The first-order valence-corrected chi connectivity index (χ1v) is 7.34. The molecule has 1 amide bonds. The number of benzene rings is 1. The Balaban J connectivity index is 1.99. The summed E-state index contributed by atoms with van der Waals surface area (Å²) in [6.07, 6.45) is 1.35. The molecule has 1 N–H and O–H groups in total. The number of hydrogen-bond acceptors (Lipinski definition) is 2. The summed E-state index contributed by atoms with van der Waals surface area (Å²) < 4.78 is 0. The van der Waals surface area contributed by atoms with Crippen LogP contribution in [0.25, 0.3) is 0 Å². The summed E-state index contributed by atoms with van der Waals surface area (Å²) in [5.41, 5.74) is 4.44. The van der Waals surface area contributed by atoms with Crippen molar-refractivity contribution in [3.05, 3.63) is 51.2 Å². The molecule has 0 fully saturated rings. The van der Waals surface area contributed by atoms with E-state index < -0.39 is 0 Å². The lowest BCUT2D eigenvalue weighted by Gasteiger charge is -2.12. The average Bonchev–Trinajstić information content (AvgIpc) is 2.84. The highest BCUT2D eigenvalue weighted by atomic mass is 32.1. The molecular weight excluding hydrogens is 254 g/mol. The minimum Gasteiger partial charge on any atom is -0.326 e. The van der Waals surface area contributed by atoms with Gasteiger partial charge in [0.15, 0.2) is 0 Å². The van der Waals surface area contributed by atoms with Crippen LogP contribution in [0.5, 0.6) is 0 Å². The zero-order valence-electron chi connectivity index (χ0n) is 11.6. The Morgan fingerprint density at radius 3 is 2.47 bits per heavy atom. The lowest BCUT2D eigenvalue weighted by atomic mass is 10.0. The molecule has 1 aromatic heterocycles. The van der Waals surface area contributed by atoms with Crippen LogP contribution in [0.15, 0.2) is 29.6 Å². The topological polar surface area (TPSA) is 29.1 Å². The Kier molecular flexibility index (Phi) is 4.38. The molecule has 0 atom stereocenters. The lowest BCUT2D eigenvalue weighted by Crippen LogP contribution is -2.14. The number of carbonyl (C=O) groups excluding carboxylic acids is 1. The molecule has 1 aromatic carbocycles. The van der Waals surface area contributed by atoms with E-state index in [9.17, 15) is 4.79 Å². The number of rotatable bonds is 4. The number of carbonyl (C=O) groups is 1. The van der Waals surface area contributed by atoms with Gasteiger partial charge in [-0.15, -0.1) is 11.3 Å². The quantitative estimate of drug-likeness (QED) is 0.886. The molecule has 19 heavy (non-hydrogen) atoms. The average molecular weight is 273 g/mol. The largest absolute Gasteiger partial charge is 0.326 e. The van der Waals surface area contributed by atoms with Crippen LogP contribution in [0.4, 0.5) is 5.69 Å². The Morgan fingerprint density at radius 1 is 1.21 bits per heavy atom. The minimum atomic E-state index is 0.0865. The molecule has 3 heteroatoms. The number of nitrogens with one attached hydrogen (secondary N) is 1. The van der Waals surface area contributed by atoms with E-state index in [1.807, 2.05) is 25.3 Å². The van der Waals surface area contributed by atoms with Crippen molar-refractivity contribution in [2.75, 3.05) is 5.32 Å². The highest BCUT2D eigenvalue weighted by Gasteiger charge is 2.08. The lowest BCUT2D eigenvalue weighted by molar-refractivity contribution is -0.116. The summed E-state index contributed by atoms with van der Waals surface area (Å²) in [5.74, 6) is 0.0865. The van der Waals surface area contributed by atoms with Crippen LogP contribution < -0.4 is 5.32 Å². The van der Waals surface area contributed by atoms with Crippen LogP contribution in [0.1, 0.15) is 28.0 Å². The zero-order valence-corrected chi connectivity index (χ0v) is 12.4. The van der Waals surface area contributed by atoms with E-state index >= 15 is 0 Å². The highest BCUT2D eigenvalue weighted by Crippen LogP contribution is 2.22. The van der Waals surface area contributed by atoms with Crippen molar-refractivity contribution >= 4 is 22.9 Å². The molecule has 0 aliphatic rings. The van der Waals surface area contributed by atoms with Gasteiger partial charge >= 0.3 is 0 Å². The number of anilines is 1. The van der Waals surface area contributed by atoms with E-state index in [-0.39, 0.29) is 5.91 Å². The van der Waals surface area contributed by atoms with Crippen LogP contribution >= 0.6 is 11.3 Å². The number of aryl methyl sites for hydroxylation is 4. The van der Waals surface area contributed by atoms with E-state index in [1.165, 1.54) is 10.4 Å². The molecule has 1 heterocycles. The second-order valence-electron chi connectivity index (χ2n) is 4.90. The van der Waals surface area contributed by atoms with Crippen molar-refractivity contribution in [2.45, 2.75) is 33.6 Å². The maximum atomic E-state index is 12.0. The SMILES string of the molecule is Cc1cc(C)c(NC(=O)CCc2cccs2)c(C)c1. The molecule has 0 saturated heterocycles. The molecule has 0 radical (unpaired) electrons. The predicted octanol–water partition coefficient (Wildman–Crippen LogP) is 4.24. The first-order chi connectivity index (χ1) is 9.06. The van der Waals surface area contributed by atoms with Crippen molar-refractivity contribution in [3.63, 3.8) is 0 Å². The van der Waals surface area contributed by atoms with Crippen molar-refractivity contribution in [3.8, 4) is 0 Å². The van der Waals surface area contributed by atoms with Crippen molar-refractivity contribution in [1.82, 2.24) is 0 Å². The fourth-order valence-corrected chi connectivity index (χ4v) is 2.98. The fourth-order valence-electron chi connectivity index (χ4n) is 2.27. The maximum absolute atomic E-state index is 12.0. The van der Waals surface area contributed by atoms with E-state index in [2.05, 4.69) is 30.4 Å². The smallest absolute Gasteiger partial charge is 0.224 e. The van der Waals surface area contributed by atoms with Gasteiger partial charge < -0.3 is 5.32 Å². The Bertz CT molecular complexity index is 549. The molecule has 2 nitrogen and oxygen atoms in total. The number of amides is 1. The molecule has 100 valence electrons. The molecule has 2 aromatic rings. The number of thiophene rings is 1. The maximum Gasteiger partial charge on any atom is 0.224 e. The van der Waals surface area contributed by atoms with Crippen molar-refractivity contribution < 1.29 is 4.79 Å². The van der Waals surface area contributed by atoms with Gasteiger partial charge in [-0.25, -0.2) is 0 Å². The van der Waals surface area contributed by atoms with Gasteiger partial charge in [0.25, 0.3) is 0 Å². The van der Waals surface area contributed by atoms with E-state index in [0.717, 1.165) is 23.2 Å². The molecule has 0 aliphatic carbocycles. The first kappa shape index (κ1) is 13.8. The molecule has 0 saturated carbocycles. The Labute approximate surface area is 118 Å². The second-order valence-corrected chi connectivity index (χ2v) is 5.93. The third kappa shape index (κ3) is 3.67. The van der Waals surface area contributed by atoms with Crippen LogP contribution in [-0.2, 0) is 11.2 Å². The second kappa shape index (κ2) is 6.02. The van der Waals surface area contributed by atoms with Crippen LogP contribution in [0.3, 0.4) is 0 Å². The van der Waals surface area contributed by atoms with Crippen molar-refractivity contribution in [1.29, 1.82) is 0 Å². The molecule has 0 aliphatic heterocycles. The van der Waals surface area contributed by atoms with Gasteiger partial charge in [0.1, 0.15) is 0 Å². The van der Waals surface area contributed by atoms with E-state index in [4.69, 9.17) is 0 Å². The molecule has 0 spiro atoms. The molecule has 2 rings (SSSR count). The van der Waals surface area contributed by atoms with Gasteiger partial charge in [-0.05, 0) is 49.8 Å². The third-order valence-electron chi connectivity index (χ3n) is 3.12. The normalized spacial score (nSPS) is 10.5. The van der Waals surface area contributed by atoms with E-state index in [1.54, 1.807) is 11.3 Å². The molecule has 0 unspecified atom stereocenters. The zero-order chi connectivity index (χ0) is 13.8. The summed E-state index contributed by atoms with van der Waals surface area (Å²) >= 11 is 1.70. The summed E-state index contributed by atoms with van der Waals surface area (Å²) in [6, 6.07) is 8.29. The van der Waals surface area contributed by atoms with Crippen LogP contribution in [0.2, 0.25) is 0 Å². The summed E-state index contributed by atoms with van der Waals surface area (Å²) in [4.78, 5) is 13.2. The van der Waals surface area contributed by atoms with Gasteiger partial charge in [0, 0.05) is 17.0 Å².